The zero-order chi connectivity index (χ0) is 14.4. The molecule has 0 aliphatic carbocycles. The van der Waals surface area contributed by atoms with Crippen LogP contribution in [0.4, 0.5) is 0 Å². The zero-order valence-electron chi connectivity index (χ0n) is 13.9. The molecule has 112 valence electrons. The molecule has 0 aliphatic heterocycles. The fourth-order valence-electron chi connectivity index (χ4n) is 2.11. The van der Waals surface area contributed by atoms with E-state index >= 15 is 0 Å². The normalized spacial score (nSPS) is 12.8. The van der Waals surface area contributed by atoms with Gasteiger partial charge in [-0.05, 0) is 43.9 Å². The topological polar surface area (TPSA) is 0 Å². The minimum absolute atomic E-state index is 0.512. The predicted octanol–water partition coefficient (Wildman–Crippen LogP) is 7.07. The summed E-state index contributed by atoms with van der Waals surface area (Å²) in [5.41, 5.74) is 0.512. The molecule has 0 rings (SSSR count). The van der Waals surface area contributed by atoms with Crippen molar-refractivity contribution >= 4 is 0 Å². The minimum Gasteiger partial charge on any atom is -0.0882 e. The average molecular weight is 264 g/mol. The number of allylic oxidation sites excluding steroid dienone is 4. The van der Waals surface area contributed by atoms with E-state index in [1.807, 2.05) is 0 Å². The Morgan fingerprint density at radius 3 is 1.79 bits per heavy atom. The second-order valence-corrected chi connectivity index (χ2v) is 6.83. The maximum atomic E-state index is 2.35. The molecule has 0 saturated heterocycles. The molecule has 0 radical (unpaired) electrons. The van der Waals surface area contributed by atoms with E-state index in [1.165, 1.54) is 57.8 Å². The first-order valence-electron chi connectivity index (χ1n) is 8.36. The SMILES string of the molecule is CCCCC/C=C\C/C=C\CCCCCC(C)(C)C. The Kier molecular flexibility index (Phi) is 12.2. The van der Waals surface area contributed by atoms with Crippen molar-refractivity contribution in [2.24, 2.45) is 5.41 Å². The first-order valence-corrected chi connectivity index (χ1v) is 8.36. The van der Waals surface area contributed by atoms with Crippen molar-refractivity contribution in [1.82, 2.24) is 0 Å². The lowest BCUT2D eigenvalue weighted by molar-refractivity contribution is 0.358. The number of hydrogen-bond donors (Lipinski definition) is 0. The molecule has 0 unspecified atom stereocenters. The van der Waals surface area contributed by atoms with E-state index in [0.717, 1.165) is 6.42 Å². The molecule has 0 saturated carbocycles. The Balaban J connectivity index is 3.26. The first kappa shape index (κ1) is 18.5. The third-order valence-corrected chi connectivity index (χ3v) is 3.38. The highest BCUT2D eigenvalue weighted by Crippen LogP contribution is 2.22. The van der Waals surface area contributed by atoms with Gasteiger partial charge in [-0.15, -0.1) is 0 Å². The van der Waals surface area contributed by atoms with E-state index in [4.69, 9.17) is 0 Å². The molecule has 0 amide bonds. The van der Waals surface area contributed by atoms with Crippen molar-refractivity contribution in [3.63, 3.8) is 0 Å². The van der Waals surface area contributed by atoms with E-state index in [1.54, 1.807) is 0 Å². The van der Waals surface area contributed by atoms with Gasteiger partial charge in [0.1, 0.15) is 0 Å². The van der Waals surface area contributed by atoms with Crippen LogP contribution in [0.2, 0.25) is 0 Å². The van der Waals surface area contributed by atoms with Gasteiger partial charge in [0.2, 0.25) is 0 Å². The van der Waals surface area contributed by atoms with Crippen LogP contribution in [0.5, 0.6) is 0 Å². The minimum atomic E-state index is 0.512. The zero-order valence-corrected chi connectivity index (χ0v) is 13.9. The summed E-state index contributed by atoms with van der Waals surface area (Å²) >= 11 is 0. The van der Waals surface area contributed by atoms with Gasteiger partial charge >= 0.3 is 0 Å². The van der Waals surface area contributed by atoms with Gasteiger partial charge in [0, 0.05) is 0 Å². The summed E-state index contributed by atoms with van der Waals surface area (Å²) < 4.78 is 0. The summed E-state index contributed by atoms with van der Waals surface area (Å²) in [6.07, 6.45) is 22.5. The molecule has 0 bridgehead atoms. The van der Waals surface area contributed by atoms with Crippen LogP contribution < -0.4 is 0 Å². The third kappa shape index (κ3) is 17.5. The molecule has 0 aliphatic rings. The number of hydrogen-bond acceptors (Lipinski definition) is 0. The van der Waals surface area contributed by atoms with Crippen LogP contribution in [0.1, 0.15) is 91.9 Å². The summed E-state index contributed by atoms with van der Waals surface area (Å²) in [5.74, 6) is 0. The van der Waals surface area contributed by atoms with Gasteiger partial charge in [0.05, 0.1) is 0 Å². The Morgan fingerprint density at radius 2 is 1.26 bits per heavy atom. The molecule has 0 fully saturated rings. The fourth-order valence-corrected chi connectivity index (χ4v) is 2.11. The summed E-state index contributed by atoms with van der Waals surface area (Å²) in [7, 11) is 0. The maximum absolute atomic E-state index is 2.35. The van der Waals surface area contributed by atoms with Crippen molar-refractivity contribution in [1.29, 1.82) is 0 Å². The molecule has 0 N–H and O–H groups in total. The Bertz CT molecular complexity index is 227. The predicted molar refractivity (Wildman–Crippen MR) is 89.6 cm³/mol. The fraction of sp³-hybridized carbons (Fsp3) is 0.789. The van der Waals surface area contributed by atoms with E-state index in [-0.39, 0.29) is 0 Å². The number of unbranched alkanes of at least 4 members (excludes halogenated alkanes) is 6. The maximum Gasteiger partial charge on any atom is -0.0169 e. The van der Waals surface area contributed by atoms with Crippen LogP contribution in [0.3, 0.4) is 0 Å². The average Bonchev–Trinajstić information content (AvgIpc) is 2.34. The summed E-state index contributed by atoms with van der Waals surface area (Å²) in [5, 5.41) is 0. The largest absolute Gasteiger partial charge is 0.0882 e. The Hall–Kier alpha value is -0.520. The van der Waals surface area contributed by atoms with Crippen LogP contribution in [0.15, 0.2) is 24.3 Å². The van der Waals surface area contributed by atoms with E-state index < -0.39 is 0 Å². The van der Waals surface area contributed by atoms with Gasteiger partial charge < -0.3 is 0 Å². The highest BCUT2D eigenvalue weighted by molar-refractivity contribution is 4.92. The molecular weight excluding hydrogens is 228 g/mol. The quantitative estimate of drug-likeness (QED) is 0.276. The Morgan fingerprint density at radius 1 is 0.684 bits per heavy atom. The van der Waals surface area contributed by atoms with Crippen molar-refractivity contribution < 1.29 is 0 Å². The lowest BCUT2D eigenvalue weighted by Gasteiger charge is -2.17. The second kappa shape index (κ2) is 12.5. The molecule has 0 atom stereocenters. The molecule has 0 aromatic carbocycles. The molecule has 0 spiro atoms. The monoisotopic (exact) mass is 264 g/mol. The molecule has 0 aromatic heterocycles. The van der Waals surface area contributed by atoms with Crippen LogP contribution in [-0.2, 0) is 0 Å². The van der Waals surface area contributed by atoms with Gasteiger partial charge in [0.15, 0.2) is 0 Å². The summed E-state index contributed by atoms with van der Waals surface area (Å²) in [4.78, 5) is 0. The van der Waals surface area contributed by atoms with Crippen LogP contribution in [0.25, 0.3) is 0 Å². The van der Waals surface area contributed by atoms with E-state index in [0.29, 0.717) is 5.41 Å². The third-order valence-electron chi connectivity index (χ3n) is 3.38. The summed E-state index contributed by atoms with van der Waals surface area (Å²) in [6.45, 7) is 9.26. The molecule has 19 heavy (non-hydrogen) atoms. The highest BCUT2D eigenvalue weighted by atomic mass is 14.1. The van der Waals surface area contributed by atoms with Crippen molar-refractivity contribution in [2.45, 2.75) is 91.9 Å². The van der Waals surface area contributed by atoms with E-state index in [9.17, 15) is 0 Å². The van der Waals surface area contributed by atoms with Gasteiger partial charge in [-0.1, -0.05) is 77.7 Å². The van der Waals surface area contributed by atoms with Gasteiger partial charge in [0.25, 0.3) is 0 Å². The van der Waals surface area contributed by atoms with Crippen LogP contribution in [-0.4, -0.2) is 0 Å². The lowest BCUT2D eigenvalue weighted by Crippen LogP contribution is -2.03. The molecule has 0 heterocycles. The standard InChI is InChI=1S/C19H36/c1-5-6-7-8-9-10-11-12-13-14-15-16-17-18-19(2,3)4/h9-10,12-13H,5-8,11,14-18H2,1-4H3/b10-9-,13-12-. The highest BCUT2D eigenvalue weighted by Gasteiger charge is 2.08. The molecule has 0 nitrogen and oxygen atoms in total. The summed E-state index contributed by atoms with van der Waals surface area (Å²) in [6, 6.07) is 0. The van der Waals surface area contributed by atoms with Crippen LogP contribution in [0, 0.1) is 5.41 Å². The lowest BCUT2D eigenvalue weighted by atomic mass is 9.89. The van der Waals surface area contributed by atoms with Crippen molar-refractivity contribution in [3.8, 4) is 0 Å². The van der Waals surface area contributed by atoms with Crippen molar-refractivity contribution in [2.75, 3.05) is 0 Å². The van der Waals surface area contributed by atoms with Gasteiger partial charge in [-0.3, -0.25) is 0 Å². The first-order chi connectivity index (χ1) is 9.06. The van der Waals surface area contributed by atoms with E-state index in [2.05, 4.69) is 52.0 Å². The Labute approximate surface area is 122 Å². The molecule has 0 heteroatoms. The van der Waals surface area contributed by atoms with Gasteiger partial charge in [-0.25, -0.2) is 0 Å². The second-order valence-electron chi connectivity index (χ2n) is 6.83. The number of rotatable bonds is 11. The molecule has 0 aromatic rings. The smallest absolute Gasteiger partial charge is 0.0169 e. The van der Waals surface area contributed by atoms with Crippen LogP contribution >= 0.6 is 0 Å². The van der Waals surface area contributed by atoms with Gasteiger partial charge in [-0.2, -0.15) is 0 Å². The van der Waals surface area contributed by atoms with Crippen molar-refractivity contribution in [3.05, 3.63) is 24.3 Å². The molecular formula is C19H36.